The molecule has 6 nitrogen and oxygen atoms in total. The van der Waals surface area contributed by atoms with Crippen molar-refractivity contribution < 1.29 is 0 Å². The lowest BCUT2D eigenvalue weighted by atomic mass is 10.3. The second kappa shape index (κ2) is 4.58. The molecular weight excluding hydrogens is 252 g/mol. The van der Waals surface area contributed by atoms with Gasteiger partial charge >= 0.3 is 0 Å². The van der Waals surface area contributed by atoms with E-state index in [0.717, 1.165) is 10.9 Å². The molecule has 0 atom stereocenters. The van der Waals surface area contributed by atoms with Crippen molar-refractivity contribution in [2.75, 3.05) is 5.32 Å². The maximum absolute atomic E-state index is 5.84. The number of aromatic nitrogens is 5. The zero-order valence-electron chi connectivity index (χ0n) is 9.26. The molecule has 0 aliphatic rings. The van der Waals surface area contributed by atoms with Crippen LogP contribution in [0.15, 0.2) is 30.7 Å². The number of pyridine rings is 1. The van der Waals surface area contributed by atoms with E-state index in [1.54, 1.807) is 18.6 Å². The molecule has 7 heteroatoms. The van der Waals surface area contributed by atoms with Crippen LogP contribution in [0.25, 0.3) is 11.0 Å². The number of halogens is 1. The highest BCUT2D eigenvalue weighted by Gasteiger charge is 2.07. The van der Waals surface area contributed by atoms with Gasteiger partial charge in [-0.1, -0.05) is 6.07 Å². The Morgan fingerprint density at radius 2 is 2.22 bits per heavy atom. The Morgan fingerprint density at radius 1 is 1.28 bits per heavy atom. The van der Waals surface area contributed by atoms with E-state index in [2.05, 4.69) is 30.5 Å². The molecule has 0 saturated carbocycles. The summed E-state index contributed by atoms with van der Waals surface area (Å²) < 4.78 is 0. The van der Waals surface area contributed by atoms with Crippen LogP contribution in [0.2, 0.25) is 5.28 Å². The number of nitrogens with zero attached hydrogens (tertiary/aromatic N) is 4. The van der Waals surface area contributed by atoms with Crippen molar-refractivity contribution in [2.45, 2.75) is 6.54 Å². The Kier molecular flexibility index (Phi) is 2.77. The van der Waals surface area contributed by atoms with Gasteiger partial charge in [0, 0.05) is 18.9 Å². The molecule has 0 aliphatic heterocycles. The first-order valence-corrected chi connectivity index (χ1v) is 5.70. The number of hydrogen-bond acceptors (Lipinski definition) is 5. The summed E-state index contributed by atoms with van der Waals surface area (Å²) in [7, 11) is 0. The van der Waals surface area contributed by atoms with Crippen molar-refractivity contribution in [1.29, 1.82) is 0 Å². The molecule has 0 amide bonds. The van der Waals surface area contributed by atoms with Crippen LogP contribution in [-0.4, -0.2) is 25.1 Å². The Bertz CT molecular complexity index is 666. The van der Waals surface area contributed by atoms with E-state index in [0.29, 0.717) is 18.0 Å². The van der Waals surface area contributed by atoms with Gasteiger partial charge in [0.1, 0.15) is 5.82 Å². The molecule has 3 aromatic rings. The Hall–Kier alpha value is -2.21. The molecule has 3 heterocycles. The van der Waals surface area contributed by atoms with E-state index < -0.39 is 0 Å². The highest BCUT2D eigenvalue weighted by atomic mass is 35.5. The topological polar surface area (TPSA) is 79.4 Å². The van der Waals surface area contributed by atoms with Crippen molar-refractivity contribution in [3.05, 3.63) is 41.6 Å². The Morgan fingerprint density at radius 3 is 3.06 bits per heavy atom. The van der Waals surface area contributed by atoms with Crippen LogP contribution in [0.1, 0.15) is 5.56 Å². The number of anilines is 1. The molecule has 0 radical (unpaired) electrons. The van der Waals surface area contributed by atoms with Crippen LogP contribution in [0.5, 0.6) is 0 Å². The first-order valence-electron chi connectivity index (χ1n) is 5.32. The smallest absolute Gasteiger partial charge is 0.226 e. The lowest BCUT2D eigenvalue weighted by Gasteiger charge is -2.06. The molecule has 0 spiro atoms. The van der Waals surface area contributed by atoms with E-state index in [9.17, 15) is 0 Å². The van der Waals surface area contributed by atoms with Crippen LogP contribution in [-0.2, 0) is 6.54 Å². The fraction of sp³-hybridized carbons (Fsp3) is 0.0909. The van der Waals surface area contributed by atoms with Crippen molar-refractivity contribution in [2.24, 2.45) is 0 Å². The summed E-state index contributed by atoms with van der Waals surface area (Å²) in [6, 6.07) is 3.87. The Balaban J connectivity index is 1.88. The van der Waals surface area contributed by atoms with Gasteiger partial charge in [0.15, 0.2) is 5.65 Å². The van der Waals surface area contributed by atoms with Gasteiger partial charge in [-0.3, -0.25) is 10.1 Å². The molecule has 90 valence electrons. The second-order valence-electron chi connectivity index (χ2n) is 3.69. The van der Waals surface area contributed by atoms with Gasteiger partial charge in [-0.05, 0) is 23.2 Å². The third-order valence-electron chi connectivity index (χ3n) is 2.47. The van der Waals surface area contributed by atoms with Crippen LogP contribution >= 0.6 is 11.6 Å². The van der Waals surface area contributed by atoms with Crippen LogP contribution in [0.4, 0.5) is 5.82 Å². The molecule has 18 heavy (non-hydrogen) atoms. The average Bonchev–Trinajstić information content (AvgIpc) is 2.85. The molecule has 0 saturated heterocycles. The number of H-pyrrole nitrogens is 1. The summed E-state index contributed by atoms with van der Waals surface area (Å²) in [5.74, 6) is 0.655. The van der Waals surface area contributed by atoms with Gasteiger partial charge in [0.05, 0.1) is 11.6 Å². The van der Waals surface area contributed by atoms with Crippen molar-refractivity contribution in [1.82, 2.24) is 25.1 Å². The van der Waals surface area contributed by atoms with E-state index in [4.69, 9.17) is 11.6 Å². The van der Waals surface area contributed by atoms with E-state index in [1.165, 1.54) is 0 Å². The monoisotopic (exact) mass is 260 g/mol. The molecule has 3 aromatic heterocycles. The quantitative estimate of drug-likeness (QED) is 0.704. The number of rotatable bonds is 3. The summed E-state index contributed by atoms with van der Waals surface area (Å²) in [4.78, 5) is 12.2. The lowest BCUT2D eigenvalue weighted by molar-refractivity contribution is 1.07. The minimum Gasteiger partial charge on any atom is -0.365 e. The number of fused-ring (bicyclic) bond motifs is 1. The number of nitrogens with one attached hydrogen (secondary N) is 2. The van der Waals surface area contributed by atoms with Gasteiger partial charge in [-0.25, -0.2) is 0 Å². The van der Waals surface area contributed by atoms with Gasteiger partial charge in [-0.15, -0.1) is 0 Å². The minimum atomic E-state index is 0.181. The van der Waals surface area contributed by atoms with Gasteiger partial charge < -0.3 is 5.32 Å². The average molecular weight is 261 g/mol. The van der Waals surface area contributed by atoms with Gasteiger partial charge in [-0.2, -0.15) is 15.1 Å². The van der Waals surface area contributed by atoms with Gasteiger partial charge in [0.25, 0.3) is 0 Å². The maximum Gasteiger partial charge on any atom is 0.226 e. The molecule has 0 fully saturated rings. The number of hydrogen-bond donors (Lipinski definition) is 2. The predicted molar refractivity (Wildman–Crippen MR) is 68.3 cm³/mol. The molecular formula is C11H9ClN6. The molecule has 0 unspecified atom stereocenters. The maximum atomic E-state index is 5.84. The molecule has 0 bridgehead atoms. The molecule has 0 aromatic carbocycles. The fourth-order valence-corrected chi connectivity index (χ4v) is 1.80. The van der Waals surface area contributed by atoms with Crippen molar-refractivity contribution >= 4 is 28.5 Å². The second-order valence-corrected chi connectivity index (χ2v) is 4.03. The molecule has 3 rings (SSSR count). The van der Waals surface area contributed by atoms with Crippen molar-refractivity contribution in [3.8, 4) is 0 Å². The van der Waals surface area contributed by atoms with E-state index in [1.807, 2.05) is 12.1 Å². The largest absolute Gasteiger partial charge is 0.365 e. The minimum absolute atomic E-state index is 0.181. The SMILES string of the molecule is Clc1nc(NCc2cccnc2)c2cn[nH]c2n1. The summed E-state index contributed by atoms with van der Waals surface area (Å²) in [6.07, 6.45) is 5.19. The molecule has 0 aliphatic carbocycles. The summed E-state index contributed by atoms with van der Waals surface area (Å²) in [5, 5.41) is 10.9. The summed E-state index contributed by atoms with van der Waals surface area (Å²) in [6.45, 7) is 0.613. The zero-order valence-corrected chi connectivity index (χ0v) is 10.0. The normalized spacial score (nSPS) is 10.7. The predicted octanol–water partition coefficient (Wildman–Crippen LogP) is 2.01. The molecule has 2 N–H and O–H groups in total. The first kappa shape index (κ1) is 10.9. The third-order valence-corrected chi connectivity index (χ3v) is 2.63. The zero-order chi connectivity index (χ0) is 12.4. The van der Waals surface area contributed by atoms with Crippen LogP contribution in [0, 0.1) is 0 Å². The Labute approximate surface area is 107 Å². The standard InChI is InChI=1S/C11H9ClN6/c12-11-16-9(8-6-15-18-10(8)17-11)14-5-7-2-1-3-13-4-7/h1-4,6H,5H2,(H2,14,15,16,17,18). The summed E-state index contributed by atoms with van der Waals surface area (Å²) in [5.41, 5.74) is 1.67. The first-order chi connectivity index (χ1) is 8.83. The van der Waals surface area contributed by atoms with Crippen LogP contribution in [0.3, 0.4) is 0 Å². The van der Waals surface area contributed by atoms with E-state index in [-0.39, 0.29) is 5.28 Å². The number of aromatic amines is 1. The van der Waals surface area contributed by atoms with E-state index >= 15 is 0 Å². The van der Waals surface area contributed by atoms with Crippen LogP contribution < -0.4 is 5.32 Å². The fourth-order valence-electron chi connectivity index (χ4n) is 1.63. The summed E-state index contributed by atoms with van der Waals surface area (Å²) >= 11 is 5.84. The highest BCUT2D eigenvalue weighted by molar-refractivity contribution is 6.28. The highest BCUT2D eigenvalue weighted by Crippen LogP contribution is 2.20. The third kappa shape index (κ3) is 2.10. The lowest BCUT2D eigenvalue weighted by Crippen LogP contribution is -2.03. The van der Waals surface area contributed by atoms with Crippen molar-refractivity contribution in [3.63, 3.8) is 0 Å². The van der Waals surface area contributed by atoms with Gasteiger partial charge in [0.2, 0.25) is 5.28 Å².